The van der Waals surface area contributed by atoms with Crippen LogP contribution in [0.4, 0.5) is 4.39 Å². The Morgan fingerprint density at radius 2 is 2.06 bits per heavy atom. The molecular weight excluding hydrogens is 405 g/mol. The van der Waals surface area contributed by atoms with E-state index in [-0.39, 0.29) is 36.5 Å². The standard InChI is InChI=1S/C22H28FN3O5/c1-13(2)30-22(28)15-6-5-7-16(10-15)31-20-9-8-18(25-21(20)23)17-11-24-26(4)19(17)12-29-14(3)27/h8-9,11,13,15-16H,5-7,10,12H2,1-4H3/t15-,16-/m0/s1. The van der Waals surface area contributed by atoms with E-state index >= 15 is 0 Å². The third kappa shape index (κ3) is 5.80. The summed E-state index contributed by atoms with van der Waals surface area (Å²) in [5, 5.41) is 4.15. The third-order valence-corrected chi connectivity index (χ3v) is 5.17. The predicted molar refractivity (Wildman–Crippen MR) is 109 cm³/mol. The number of hydrogen-bond acceptors (Lipinski definition) is 7. The zero-order valence-corrected chi connectivity index (χ0v) is 18.3. The van der Waals surface area contributed by atoms with Crippen molar-refractivity contribution in [3.8, 4) is 17.0 Å². The number of pyridine rings is 1. The average molecular weight is 433 g/mol. The van der Waals surface area contributed by atoms with E-state index in [1.54, 1.807) is 24.0 Å². The van der Waals surface area contributed by atoms with Crippen LogP contribution in [-0.4, -0.2) is 38.9 Å². The number of nitrogens with zero attached hydrogens (tertiary/aromatic N) is 3. The van der Waals surface area contributed by atoms with Crippen LogP contribution in [0, 0.1) is 11.9 Å². The van der Waals surface area contributed by atoms with Crippen molar-refractivity contribution >= 4 is 11.9 Å². The summed E-state index contributed by atoms with van der Waals surface area (Å²) in [5.74, 6) is -1.59. The van der Waals surface area contributed by atoms with Crippen LogP contribution in [0.15, 0.2) is 18.3 Å². The number of hydrogen-bond donors (Lipinski definition) is 0. The number of halogens is 1. The highest BCUT2D eigenvalue weighted by Crippen LogP contribution is 2.31. The van der Waals surface area contributed by atoms with Crippen molar-refractivity contribution in [3.05, 3.63) is 30.0 Å². The summed E-state index contributed by atoms with van der Waals surface area (Å²) in [4.78, 5) is 27.4. The molecule has 0 radical (unpaired) electrons. The first-order chi connectivity index (χ1) is 14.7. The third-order valence-electron chi connectivity index (χ3n) is 5.17. The Labute approximate surface area is 180 Å². The Morgan fingerprint density at radius 3 is 2.74 bits per heavy atom. The number of rotatable bonds is 7. The molecule has 0 N–H and O–H groups in total. The molecule has 1 fully saturated rings. The molecule has 0 amide bonds. The van der Waals surface area contributed by atoms with Gasteiger partial charge in [-0.25, -0.2) is 4.98 Å². The second-order valence-electron chi connectivity index (χ2n) is 7.98. The summed E-state index contributed by atoms with van der Waals surface area (Å²) >= 11 is 0. The first kappa shape index (κ1) is 22.7. The summed E-state index contributed by atoms with van der Waals surface area (Å²) in [5.41, 5.74) is 1.54. The monoisotopic (exact) mass is 433 g/mol. The van der Waals surface area contributed by atoms with Crippen LogP contribution in [0.2, 0.25) is 0 Å². The van der Waals surface area contributed by atoms with Gasteiger partial charge in [-0.05, 0) is 51.7 Å². The molecule has 2 aromatic heterocycles. The number of carbonyl (C=O) groups is 2. The molecule has 2 heterocycles. The molecule has 0 unspecified atom stereocenters. The van der Waals surface area contributed by atoms with Gasteiger partial charge >= 0.3 is 11.9 Å². The van der Waals surface area contributed by atoms with E-state index in [0.717, 1.165) is 19.3 Å². The summed E-state index contributed by atoms with van der Waals surface area (Å²) in [6.45, 7) is 4.96. The van der Waals surface area contributed by atoms with E-state index in [9.17, 15) is 14.0 Å². The molecule has 1 aliphatic rings. The summed E-state index contributed by atoms with van der Waals surface area (Å²) < 4.78 is 32.5. The van der Waals surface area contributed by atoms with Gasteiger partial charge in [0.15, 0.2) is 5.75 Å². The molecule has 9 heteroatoms. The molecular formula is C22H28FN3O5. The quantitative estimate of drug-likeness (QED) is 0.487. The van der Waals surface area contributed by atoms with Gasteiger partial charge in [-0.3, -0.25) is 14.3 Å². The largest absolute Gasteiger partial charge is 0.486 e. The molecule has 0 aliphatic heterocycles. The molecule has 0 saturated heterocycles. The van der Waals surface area contributed by atoms with E-state index < -0.39 is 11.9 Å². The van der Waals surface area contributed by atoms with Gasteiger partial charge in [-0.15, -0.1) is 0 Å². The van der Waals surface area contributed by atoms with E-state index in [4.69, 9.17) is 14.2 Å². The molecule has 3 rings (SSSR count). The average Bonchev–Trinajstić information content (AvgIpc) is 3.08. The summed E-state index contributed by atoms with van der Waals surface area (Å²) in [7, 11) is 1.71. The number of esters is 2. The lowest BCUT2D eigenvalue weighted by atomic mass is 9.87. The van der Waals surface area contributed by atoms with Crippen molar-refractivity contribution < 1.29 is 28.2 Å². The van der Waals surface area contributed by atoms with Crippen LogP contribution in [-0.2, 0) is 32.7 Å². The molecule has 0 aromatic carbocycles. The van der Waals surface area contributed by atoms with Crippen LogP contribution < -0.4 is 4.74 Å². The van der Waals surface area contributed by atoms with Gasteiger partial charge < -0.3 is 14.2 Å². The fourth-order valence-corrected chi connectivity index (χ4v) is 3.65. The van der Waals surface area contributed by atoms with Crippen molar-refractivity contribution in [2.75, 3.05) is 0 Å². The minimum absolute atomic E-state index is 0.0126. The van der Waals surface area contributed by atoms with Crippen molar-refractivity contribution in [3.63, 3.8) is 0 Å². The van der Waals surface area contributed by atoms with E-state index in [0.29, 0.717) is 23.4 Å². The fraction of sp³-hybridized carbons (Fsp3) is 0.545. The normalized spacial score (nSPS) is 18.6. The molecule has 2 aromatic rings. The number of aromatic nitrogens is 3. The number of carbonyl (C=O) groups excluding carboxylic acids is 2. The van der Waals surface area contributed by atoms with Gasteiger partial charge in [0.2, 0.25) is 0 Å². The second kappa shape index (κ2) is 9.89. The molecule has 1 saturated carbocycles. The van der Waals surface area contributed by atoms with Gasteiger partial charge in [0.05, 0.1) is 35.7 Å². The zero-order chi connectivity index (χ0) is 22.5. The Morgan fingerprint density at radius 1 is 1.29 bits per heavy atom. The van der Waals surface area contributed by atoms with Crippen molar-refractivity contribution in [2.24, 2.45) is 13.0 Å². The number of ether oxygens (including phenoxy) is 3. The van der Waals surface area contributed by atoms with Crippen LogP contribution in [0.25, 0.3) is 11.3 Å². The van der Waals surface area contributed by atoms with Gasteiger partial charge in [0, 0.05) is 19.5 Å². The Balaban J connectivity index is 1.70. The highest BCUT2D eigenvalue weighted by molar-refractivity contribution is 5.72. The highest BCUT2D eigenvalue weighted by atomic mass is 19.1. The van der Waals surface area contributed by atoms with Gasteiger partial charge in [-0.1, -0.05) is 0 Å². The minimum atomic E-state index is -0.744. The molecule has 1 aliphatic carbocycles. The molecule has 0 spiro atoms. The fourth-order valence-electron chi connectivity index (χ4n) is 3.65. The summed E-state index contributed by atoms with van der Waals surface area (Å²) in [6, 6.07) is 3.16. The zero-order valence-electron chi connectivity index (χ0n) is 18.3. The predicted octanol–water partition coefficient (Wildman–Crippen LogP) is 3.57. The maximum atomic E-state index is 14.7. The Kier molecular flexibility index (Phi) is 7.25. The van der Waals surface area contributed by atoms with E-state index in [1.807, 2.05) is 13.8 Å². The molecule has 2 atom stereocenters. The van der Waals surface area contributed by atoms with Gasteiger partial charge in [-0.2, -0.15) is 9.49 Å². The molecule has 168 valence electrons. The van der Waals surface area contributed by atoms with Crippen molar-refractivity contribution in [2.45, 2.75) is 65.3 Å². The smallest absolute Gasteiger partial charge is 0.309 e. The first-order valence-electron chi connectivity index (χ1n) is 10.4. The lowest BCUT2D eigenvalue weighted by Crippen LogP contribution is -2.32. The minimum Gasteiger partial charge on any atom is -0.486 e. The summed E-state index contributed by atoms with van der Waals surface area (Å²) in [6.07, 6.45) is 3.89. The van der Waals surface area contributed by atoms with Crippen LogP contribution in [0.5, 0.6) is 5.75 Å². The highest BCUT2D eigenvalue weighted by Gasteiger charge is 2.30. The SMILES string of the molecule is CC(=O)OCc1c(-c2ccc(O[C@H]3CCC[C@H](C(=O)OC(C)C)C3)c(F)n2)cnn1C. The van der Waals surface area contributed by atoms with Gasteiger partial charge in [0.25, 0.3) is 5.95 Å². The maximum absolute atomic E-state index is 14.7. The number of aryl methyl sites for hydroxylation is 1. The van der Waals surface area contributed by atoms with E-state index in [1.165, 1.54) is 13.0 Å². The van der Waals surface area contributed by atoms with Gasteiger partial charge in [0.1, 0.15) is 6.61 Å². The van der Waals surface area contributed by atoms with Crippen LogP contribution >= 0.6 is 0 Å². The Hall–Kier alpha value is -2.97. The van der Waals surface area contributed by atoms with Crippen molar-refractivity contribution in [1.82, 2.24) is 14.8 Å². The molecule has 0 bridgehead atoms. The lowest BCUT2D eigenvalue weighted by Gasteiger charge is -2.28. The maximum Gasteiger partial charge on any atom is 0.309 e. The topological polar surface area (TPSA) is 92.5 Å². The first-order valence-corrected chi connectivity index (χ1v) is 10.4. The van der Waals surface area contributed by atoms with E-state index in [2.05, 4.69) is 10.1 Å². The van der Waals surface area contributed by atoms with Crippen LogP contribution in [0.3, 0.4) is 0 Å². The van der Waals surface area contributed by atoms with Crippen LogP contribution in [0.1, 0.15) is 52.1 Å². The van der Waals surface area contributed by atoms with Crippen molar-refractivity contribution in [1.29, 1.82) is 0 Å². The second-order valence-corrected chi connectivity index (χ2v) is 7.98. The lowest BCUT2D eigenvalue weighted by molar-refractivity contribution is -0.154. The Bertz CT molecular complexity index is 943. The molecule has 31 heavy (non-hydrogen) atoms. The molecule has 8 nitrogen and oxygen atoms in total.